The van der Waals surface area contributed by atoms with E-state index in [0.29, 0.717) is 11.1 Å². The number of anilines is 1. The Morgan fingerprint density at radius 2 is 2.08 bits per heavy atom. The SMILES string of the molecule is CO/N=C(\C(=O)NC1C(=O)N2C(C(=O)O)=C(/C=C\c3ccc([N+](=O)[O-])cc3)CSC12)c1csc(N)n1. The van der Waals surface area contributed by atoms with Crippen molar-refractivity contribution in [3.63, 3.8) is 0 Å². The first-order valence-electron chi connectivity index (χ1n) is 10.2. The van der Waals surface area contributed by atoms with Crippen molar-refractivity contribution in [1.82, 2.24) is 15.2 Å². The number of carboxylic acids is 1. The molecule has 2 aliphatic heterocycles. The average Bonchev–Trinajstić information content (AvgIpc) is 3.29. The number of hydrogen-bond donors (Lipinski definition) is 3. The van der Waals surface area contributed by atoms with Crippen molar-refractivity contribution in [3.8, 4) is 0 Å². The van der Waals surface area contributed by atoms with E-state index >= 15 is 0 Å². The second-order valence-electron chi connectivity index (χ2n) is 7.42. The molecule has 1 saturated heterocycles. The number of carbonyl (C=O) groups is 3. The Morgan fingerprint density at radius 3 is 2.67 bits per heavy atom. The Hall–Kier alpha value is -4.24. The topological polar surface area (TPSA) is 190 Å². The van der Waals surface area contributed by atoms with Crippen LogP contribution in [0.1, 0.15) is 11.3 Å². The molecule has 0 saturated carbocycles. The lowest BCUT2D eigenvalue weighted by atomic mass is 10.0. The van der Waals surface area contributed by atoms with Crippen molar-refractivity contribution in [2.45, 2.75) is 11.4 Å². The summed E-state index contributed by atoms with van der Waals surface area (Å²) in [7, 11) is 1.26. The lowest BCUT2D eigenvalue weighted by Crippen LogP contribution is -2.71. The average molecular weight is 531 g/mol. The molecule has 13 nitrogen and oxygen atoms in total. The minimum absolute atomic E-state index is 0.0649. The van der Waals surface area contributed by atoms with Gasteiger partial charge >= 0.3 is 5.97 Å². The van der Waals surface area contributed by atoms with Gasteiger partial charge in [0.25, 0.3) is 17.5 Å². The van der Waals surface area contributed by atoms with Crippen LogP contribution in [-0.4, -0.2) is 67.7 Å². The van der Waals surface area contributed by atoms with E-state index in [2.05, 4.69) is 15.5 Å². The number of hydrogen-bond acceptors (Lipinski definition) is 11. The molecule has 2 atom stereocenters. The molecule has 3 heterocycles. The summed E-state index contributed by atoms with van der Waals surface area (Å²) in [6.07, 6.45) is 3.17. The van der Waals surface area contributed by atoms with Crippen LogP contribution in [0.15, 0.2) is 52.1 Å². The molecular formula is C21H18N6O7S2. The summed E-state index contributed by atoms with van der Waals surface area (Å²) < 4.78 is 0. The number of thioether (sulfide) groups is 1. The summed E-state index contributed by atoms with van der Waals surface area (Å²) in [6, 6.07) is 4.76. The van der Waals surface area contributed by atoms with E-state index in [4.69, 9.17) is 10.6 Å². The number of β-lactam (4-membered cyclic amide) rings is 1. The zero-order valence-corrected chi connectivity index (χ0v) is 20.1. The number of non-ortho nitro benzene ring substituents is 1. The zero-order chi connectivity index (χ0) is 26.0. The number of carboxylic acid groups (broad SMARTS) is 1. The highest BCUT2D eigenvalue weighted by molar-refractivity contribution is 8.00. The molecule has 0 aliphatic carbocycles. The number of aromatic nitrogens is 1. The van der Waals surface area contributed by atoms with Crippen LogP contribution >= 0.6 is 23.1 Å². The van der Waals surface area contributed by atoms with Gasteiger partial charge in [-0.1, -0.05) is 17.3 Å². The quantitative estimate of drug-likeness (QED) is 0.195. The molecule has 4 rings (SSSR count). The van der Waals surface area contributed by atoms with E-state index in [-0.39, 0.29) is 33.7 Å². The van der Waals surface area contributed by atoms with Gasteiger partial charge in [-0.15, -0.1) is 23.1 Å². The normalized spacial score (nSPS) is 19.6. The zero-order valence-electron chi connectivity index (χ0n) is 18.5. The first-order chi connectivity index (χ1) is 17.2. The number of nitrogens with one attached hydrogen (secondary N) is 1. The number of nitro groups is 1. The van der Waals surface area contributed by atoms with Gasteiger partial charge in [-0.25, -0.2) is 9.78 Å². The van der Waals surface area contributed by atoms with E-state index in [1.54, 1.807) is 12.2 Å². The second kappa shape index (κ2) is 10.2. The van der Waals surface area contributed by atoms with Crippen LogP contribution in [0.25, 0.3) is 6.08 Å². The summed E-state index contributed by atoms with van der Waals surface area (Å²) in [5.41, 5.74) is 6.39. The van der Waals surface area contributed by atoms with Crippen LogP contribution in [0.2, 0.25) is 0 Å². The predicted molar refractivity (Wildman–Crippen MR) is 132 cm³/mol. The third-order valence-corrected chi connectivity index (χ3v) is 7.21. The van der Waals surface area contributed by atoms with Gasteiger partial charge in [-0.3, -0.25) is 24.6 Å². The maximum absolute atomic E-state index is 12.9. The maximum Gasteiger partial charge on any atom is 0.352 e. The number of rotatable bonds is 8. The predicted octanol–water partition coefficient (Wildman–Crippen LogP) is 1.44. The molecule has 36 heavy (non-hydrogen) atoms. The number of aliphatic carboxylic acids is 1. The largest absolute Gasteiger partial charge is 0.477 e. The molecule has 1 fully saturated rings. The Bertz CT molecular complexity index is 1330. The van der Waals surface area contributed by atoms with Gasteiger partial charge < -0.3 is 21.0 Å². The van der Waals surface area contributed by atoms with Crippen molar-refractivity contribution in [1.29, 1.82) is 0 Å². The molecule has 2 aromatic rings. The van der Waals surface area contributed by atoms with E-state index in [0.717, 1.165) is 16.2 Å². The molecule has 0 bridgehead atoms. The molecule has 2 unspecified atom stereocenters. The summed E-state index contributed by atoms with van der Waals surface area (Å²) in [4.78, 5) is 57.9. The number of thiazole rings is 1. The molecule has 2 aliphatic rings. The first-order valence-corrected chi connectivity index (χ1v) is 12.1. The fraction of sp³-hybridized carbons (Fsp3) is 0.190. The van der Waals surface area contributed by atoms with Crippen molar-refractivity contribution in [2.24, 2.45) is 5.16 Å². The van der Waals surface area contributed by atoms with Crippen molar-refractivity contribution in [2.75, 3.05) is 18.6 Å². The van der Waals surface area contributed by atoms with Gasteiger partial charge in [0, 0.05) is 23.3 Å². The monoisotopic (exact) mass is 530 g/mol. The van der Waals surface area contributed by atoms with Crippen molar-refractivity contribution in [3.05, 3.63) is 68.4 Å². The van der Waals surface area contributed by atoms with Gasteiger partial charge in [-0.05, 0) is 23.3 Å². The molecule has 2 amide bonds. The lowest BCUT2D eigenvalue weighted by molar-refractivity contribution is -0.384. The highest BCUT2D eigenvalue weighted by atomic mass is 32.2. The van der Waals surface area contributed by atoms with Gasteiger partial charge in [0.2, 0.25) is 0 Å². The highest BCUT2D eigenvalue weighted by Gasteiger charge is 2.54. The van der Waals surface area contributed by atoms with Gasteiger partial charge in [0.05, 0.1) is 4.92 Å². The fourth-order valence-corrected chi connectivity index (χ4v) is 5.44. The smallest absolute Gasteiger partial charge is 0.352 e. The fourth-order valence-electron chi connectivity index (χ4n) is 3.58. The van der Waals surface area contributed by atoms with E-state index in [1.807, 2.05) is 0 Å². The summed E-state index contributed by atoms with van der Waals surface area (Å²) in [5, 5.41) is 28.0. The van der Waals surface area contributed by atoms with Crippen LogP contribution in [0.3, 0.4) is 0 Å². The third-order valence-electron chi connectivity index (χ3n) is 5.23. The van der Waals surface area contributed by atoms with Crippen LogP contribution in [0.5, 0.6) is 0 Å². The van der Waals surface area contributed by atoms with E-state index < -0.39 is 34.1 Å². The summed E-state index contributed by atoms with van der Waals surface area (Å²) in [5.74, 6) is -2.34. The number of carbonyl (C=O) groups excluding carboxylic acids is 2. The van der Waals surface area contributed by atoms with Gasteiger partial charge in [-0.2, -0.15) is 0 Å². The minimum atomic E-state index is -1.29. The van der Waals surface area contributed by atoms with Crippen LogP contribution in [0.4, 0.5) is 10.8 Å². The number of benzene rings is 1. The van der Waals surface area contributed by atoms with E-state index in [9.17, 15) is 29.6 Å². The maximum atomic E-state index is 12.9. The van der Waals surface area contributed by atoms with Gasteiger partial charge in [0.1, 0.15) is 29.9 Å². The van der Waals surface area contributed by atoms with Crippen molar-refractivity contribution >= 4 is 63.5 Å². The molecule has 4 N–H and O–H groups in total. The Kier molecular flexibility index (Phi) is 7.03. The van der Waals surface area contributed by atoms with Crippen molar-refractivity contribution < 1.29 is 29.3 Å². The molecule has 15 heteroatoms. The number of nitro benzene ring substituents is 1. The number of oxime groups is 1. The van der Waals surface area contributed by atoms with E-state index in [1.165, 1.54) is 48.5 Å². The number of nitrogens with two attached hydrogens (primary N) is 1. The van der Waals surface area contributed by atoms with Crippen LogP contribution in [-0.2, 0) is 19.2 Å². The number of allylic oxidation sites excluding steroid dienone is 1. The Labute approximate surface area is 211 Å². The summed E-state index contributed by atoms with van der Waals surface area (Å²) in [6.45, 7) is 0. The van der Waals surface area contributed by atoms with Gasteiger partial charge in [0.15, 0.2) is 10.8 Å². The highest BCUT2D eigenvalue weighted by Crippen LogP contribution is 2.40. The number of nitrogens with zero attached hydrogens (tertiary/aromatic N) is 4. The first kappa shape index (κ1) is 24.9. The molecule has 0 radical (unpaired) electrons. The summed E-state index contributed by atoms with van der Waals surface area (Å²) >= 11 is 2.39. The lowest BCUT2D eigenvalue weighted by Gasteiger charge is -2.49. The standard InChI is InChI=1S/C21H18N6O7S2/c1-34-25-14(13-9-36-21(22)23-13)17(28)24-15-18(29)26-16(20(30)31)11(8-35-19(15)26)5-2-10-3-6-12(7-4-10)27(32)33/h2-7,9,15,19H,8H2,1H3,(H2,22,23)(H,24,28)(H,30,31)/b5-2-,25-14-. The number of nitrogen functional groups attached to an aromatic ring is 1. The molecular weight excluding hydrogens is 512 g/mol. The molecule has 186 valence electrons. The molecule has 1 aromatic heterocycles. The molecule has 0 spiro atoms. The number of fused-ring (bicyclic) bond motifs is 1. The Morgan fingerprint density at radius 1 is 1.36 bits per heavy atom. The van der Waals surface area contributed by atoms with Crippen LogP contribution < -0.4 is 11.1 Å². The third kappa shape index (κ3) is 4.78. The molecule has 1 aromatic carbocycles. The minimum Gasteiger partial charge on any atom is -0.477 e. The Balaban J connectivity index is 1.52. The van der Waals surface area contributed by atoms with Crippen LogP contribution in [0, 0.1) is 10.1 Å². The number of amides is 2. The second-order valence-corrected chi connectivity index (χ2v) is 9.41.